The number of nitrogens with zero attached hydrogens (tertiary/aromatic N) is 4. The van der Waals surface area contributed by atoms with Crippen LogP contribution in [0.25, 0.3) is 22.5 Å². The van der Waals surface area contributed by atoms with Crippen LogP contribution in [0.1, 0.15) is 29.7 Å². The molecule has 1 fully saturated rings. The third-order valence-corrected chi connectivity index (χ3v) is 5.91. The van der Waals surface area contributed by atoms with Crippen LogP contribution in [0.5, 0.6) is 11.5 Å². The molecule has 0 atom stereocenters. The van der Waals surface area contributed by atoms with Crippen LogP contribution in [0.4, 0.5) is 0 Å². The molecule has 7 heteroatoms. The number of rotatable bonds is 6. The van der Waals surface area contributed by atoms with Crippen molar-refractivity contribution in [1.29, 1.82) is 5.26 Å². The number of hydrogen-bond acceptors (Lipinski definition) is 6. The standard InChI is InChI=1S/C23H23N5O2/c1-29-20-11-16-10-19-22(15-4-5-17(13-24)25-14-15)26-27-23(19)18(16)12-21(20)30-9-8-28-6-2-3-7-28/h4-5,11-12,14H,2-3,6-10H2,1H3,(H,26,27). The Labute approximate surface area is 175 Å². The molecule has 1 aliphatic carbocycles. The van der Waals surface area contributed by atoms with Crippen LogP contribution >= 0.6 is 0 Å². The lowest BCUT2D eigenvalue weighted by Gasteiger charge is -2.17. The van der Waals surface area contributed by atoms with Crippen molar-refractivity contribution in [2.45, 2.75) is 19.3 Å². The van der Waals surface area contributed by atoms with Crippen LogP contribution in [0.2, 0.25) is 0 Å². The van der Waals surface area contributed by atoms with Gasteiger partial charge < -0.3 is 9.47 Å². The van der Waals surface area contributed by atoms with Crippen molar-refractivity contribution in [2.75, 3.05) is 33.4 Å². The molecule has 1 aromatic carbocycles. The van der Waals surface area contributed by atoms with Gasteiger partial charge in [-0.15, -0.1) is 0 Å². The third-order valence-electron chi connectivity index (χ3n) is 5.91. The SMILES string of the molecule is COc1cc2c(cc1OCCN1CCCC1)-c1[nH]nc(-c3ccc(C#N)nc3)c1C2. The largest absolute Gasteiger partial charge is 0.493 e. The fraction of sp³-hybridized carbons (Fsp3) is 0.348. The van der Waals surface area contributed by atoms with Gasteiger partial charge in [0, 0.05) is 35.9 Å². The van der Waals surface area contributed by atoms with E-state index in [0.29, 0.717) is 12.3 Å². The molecule has 152 valence electrons. The summed E-state index contributed by atoms with van der Waals surface area (Å²) in [7, 11) is 1.68. The summed E-state index contributed by atoms with van der Waals surface area (Å²) in [5.74, 6) is 1.52. The first-order valence-electron chi connectivity index (χ1n) is 10.3. The van der Waals surface area contributed by atoms with Crippen LogP contribution < -0.4 is 9.47 Å². The topological polar surface area (TPSA) is 87.1 Å². The Bertz CT molecular complexity index is 1110. The first-order valence-corrected chi connectivity index (χ1v) is 10.3. The minimum atomic E-state index is 0.398. The summed E-state index contributed by atoms with van der Waals surface area (Å²) in [5.41, 5.74) is 6.59. The Balaban J connectivity index is 1.41. The number of nitrogens with one attached hydrogen (secondary N) is 1. The van der Waals surface area contributed by atoms with Crippen LogP contribution in [0.3, 0.4) is 0 Å². The molecule has 7 nitrogen and oxygen atoms in total. The lowest BCUT2D eigenvalue weighted by Crippen LogP contribution is -2.25. The molecular weight excluding hydrogens is 378 g/mol. The highest BCUT2D eigenvalue weighted by atomic mass is 16.5. The number of aromatic amines is 1. The van der Waals surface area contributed by atoms with E-state index in [1.807, 2.05) is 12.1 Å². The summed E-state index contributed by atoms with van der Waals surface area (Å²) in [6.45, 7) is 3.91. The molecule has 0 saturated carbocycles. The Morgan fingerprint density at radius 2 is 2.07 bits per heavy atom. The van der Waals surface area contributed by atoms with Crippen LogP contribution in [0, 0.1) is 11.3 Å². The maximum atomic E-state index is 8.97. The number of ether oxygens (including phenoxy) is 2. The van der Waals surface area contributed by atoms with E-state index < -0.39 is 0 Å². The highest BCUT2D eigenvalue weighted by molar-refractivity contribution is 5.82. The summed E-state index contributed by atoms with van der Waals surface area (Å²) < 4.78 is 11.7. The number of benzene rings is 1. The van der Waals surface area contributed by atoms with E-state index in [2.05, 4.69) is 32.2 Å². The average Bonchev–Trinajstić information content (AvgIpc) is 3.50. The van der Waals surface area contributed by atoms with Crippen molar-refractivity contribution in [3.05, 3.63) is 47.3 Å². The average molecular weight is 401 g/mol. The molecule has 0 radical (unpaired) electrons. The summed E-state index contributed by atoms with van der Waals surface area (Å²) in [6, 6.07) is 9.78. The molecule has 0 spiro atoms. The van der Waals surface area contributed by atoms with Crippen LogP contribution in [-0.4, -0.2) is 53.4 Å². The molecule has 0 bridgehead atoms. The number of hydrogen-bond donors (Lipinski definition) is 1. The van der Waals surface area contributed by atoms with E-state index in [0.717, 1.165) is 65.6 Å². The molecule has 1 saturated heterocycles. The number of nitriles is 1. The predicted molar refractivity (Wildman–Crippen MR) is 112 cm³/mol. The number of aromatic nitrogens is 3. The van der Waals surface area contributed by atoms with Gasteiger partial charge in [-0.2, -0.15) is 10.4 Å². The van der Waals surface area contributed by atoms with Crippen LogP contribution in [0.15, 0.2) is 30.5 Å². The van der Waals surface area contributed by atoms with Crippen molar-refractivity contribution in [3.8, 4) is 40.1 Å². The van der Waals surface area contributed by atoms with E-state index in [4.69, 9.17) is 14.7 Å². The number of fused-ring (bicyclic) bond motifs is 3. The number of H-pyrrole nitrogens is 1. The van der Waals surface area contributed by atoms with Crippen LogP contribution in [-0.2, 0) is 6.42 Å². The zero-order valence-electron chi connectivity index (χ0n) is 16.9. The zero-order valence-corrected chi connectivity index (χ0v) is 16.9. The Hall–Kier alpha value is -3.37. The molecular formula is C23H23N5O2. The first kappa shape index (κ1) is 18.6. The third kappa shape index (κ3) is 3.29. The van der Waals surface area contributed by atoms with Gasteiger partial charge in [0.15, 0.2) is 11.5 Å². The Morgan fingerprint density at radius 1 is 1.20 bits per heavy atom. The Morgan fingerprint density at radius 3 is 2.80 bits per heavy atom. The second-order valence-corrected chi connectivity index (χ2v) is 7.70. The van der Waals surface area contributed by atoms with Gasteiger partial charge >= 0.3 is 0 Å². The molecule has 3 heterocycles. The molecule has 2 aliphatic rings. The fourth-order valence-electron chi connectivity index (χ4n) is 4.33. The van der Waals surface area contributed by atoms with Crippen molar-refractivity contribution in [3.63, 3.8) is 0 Å². The van der Waals surface area contributed by atoms with E-state index in [9.17, 15) is 0 Å². The zero-order chi connectivity index (χ0) is 20.5. The predicted octanol–water partition coefficient (Wildman–Crippen LogP) is 3.40. The molecule has 2 aromatic heterocycles. The first-order chi connectivity index (χ1) is 14.8. The van der Waals surface area contributed by atoms with Gasteiger partial charge in [0.1, 0.15) is 18.4 Å². The minimum absolute atomic E-state index is 0.398. The Kier molecular flexibility index (Phi) is 4.85. The van der Waals surface area contributed by atoms with E-state index in [1.165, 1.54) is 18.4 Å². The van der Waals surface area contributed by atoms with Gasteiger partial charge in [0.25, 0.3) is 0 Å². The number of likely N-dealkylation sites (tertiary alicyclic amines) is 1. The molecule has 0 unspecified atom stereocenters. The molecule has 0 amide bonds. The van der Waals surface area contributed by atoms with Gasteiger partial charge in [-0.05, 0) is 55.8 Å². The molecule has 30 heavy (non-hydrogen) atoms. The summed E-state index contributed by atoms with van der Waals surface area (Å²) in [6.07, 6.45) is 5.02. The molecule has 1 aliphatic heterocycles. The lowest BCUT2D eigenvalue weighted by atomic mass is 10.1. The van der Waals surface area contributed by atoms with Gasteiger partial charge in [-0.3, -0.25) is 10.00 Å². The molecule has 5 rings (SSSR count). The monoisotopic (exact) mass is 401 g/mol. The van der Waals surface area contributed by atoms with Gasteiger partial charge in [0.2, 0.25) is 0 Å². The van der Waals surface area contributed by atoms with Gasteiger partial charge in [-0.1, -0.05) is 0 Å². The van der Waals surface area contributed by atoms with Crippen molar-refractivity contribution in [1.82, 2.24) is 20.1 Å². The number of methoxy groups -OCH3 is 1. The quantitative estimate of drug-likeness (QED) is 0.533. The number of pyridine rings is 1. The summed E-state index contributed by atoms with van der Waals surface area (Å²) in [4.78, 5) is 6.61. The van der Waals surface area contributed by atoms with E-state index in [1.54, 1.807) is 19.4 Å². The summed E-state index contributed by atoms with van der Waals surface area (Å²) >= 11 is 0. The molecule has 3 aromatic rings. The second kappa shape index (κ2) is 7.81. The van der Waals surface area contributed by atoms with Crippen molar-refractivity contribution >= 4 is 0 Å². The summed E-state index contributed by atoms with van der Waals surface area (Å²) in [5, 5.41) is 16.7. The normalized spacial score (nSPS) is 14.9. The highest BCUT2D eigenvalue weighted by Gasteiger charge is 2.27. The fourth-order valence-corrected chi connectivity index (χ4v) is 4.33. The lowest BCUT2D eigenvalue weighted by molar-refractivity contribution is 0.230. The maximum Gasteiger partial charge on any atom is 0.161 e. The molecule has 1 N–H and O–H groups in total. The van der Waals surface area contributed by atoms with Crippen molar-refractivity contribution in [2.24, 2.45) is 0 Å². The second-order valence-electron chi connectivity index (χ2n) is 7.70. The minimum Gasteiger partial charge on any atom is -0.493 e. The van der Waals surface area contributed by atoms with Crippen molar-refractivity contribution < 1.29 is 9.47 Å². The maximum absolute atomic E-state index is 8.97. The van der Waals surface area contributed by atoms with Gasteiger partial charge in [-0.25, -0.2) is 4.98 Å². The van der Waals surface area contributed by atoms with Gasteiger partial charge in [0.05, 0.1) is 18.5 Å². The smallest absolute Gasteiger partial charge is 0.161 e. The van der Waals surface area contributed by atoms with E-state index in [-0.39, 0.29) is 0 Å². The highest BCUT2D eigenvalue weighted by Crippen LogP contribution is 2.44. The van der Waals surface area contributed by atoms with E-state index >= 15 is 0 Å².